The van der Waals surface area contributed by atoms with Gasteiger partial charge in [-0.2, -0.15) is 0 Å². The number of para-hydroxylation sites is 1. The van der Waals surface area contributed by atoms with Gasteiger partial charge in [0.25, 0.3) is 0 Å². The molecule has 10 nitrogen and oxygen atoms in total. The van der Waals surface area contributed by atoms with Crippen molar-refractivity contribution in [3.05, 3.63) is 29.8 Å². The number of carbonyl (C=O) groups excluding carboxylic acids is 4. The molecule has 1 aliphatic heterocycles. The molecule has 0 aliphatic carbocycles. The maximum Gasteiger partial charge on any atom is 0.303 e. The van der Waals surface area contributed by atoms with Crippen molar-refractivity contribution in [1.82, 2.24) is 0 Å². The normalized spacial score (nSPS) is 24.4. The lowest BCUT2D eigenvalue weighted by Gasteiger charge is -2.44. The van der Waals surface area contributed by atoms with Crippen LogP contribution in [0.3, 0.4) is 0 Å². The Morgan fingerprint density at radius 3 is 2.00 bits per heavy atom. The molecule has 0 saturated carbocycles. The van der Waals surface area contributed by atoms with Crippen molar-refractivity contribution < 1.29 is 47.6 Å². The van der Waals surface area contributed by atoms with Crippen LogP contribution in [0.4, 0.5) is 0 Å². The maximum atomic E-state index is 11.8. The molecular weight excluding hydrogens is 424 g/mol. The summed E-state index contributed by atoms with van der Waals surface area (Å²) in [6.07, 6.45) is -0.859. The molecule has 0 bridgehead atoms. The summed E-state index contributed by atoms with van der Waals surface area (Å²) >= 11 is 0. The van der Waals surface area contributed by atoms with Crippen molar-refractivity contribution in [3.63, 3.8) is 0 Å². The van der Waals surface area contributed by atoms with E-state index in [1.165, 1.54) is 6.92 Å². The molecule has 1 aromatic carbocycles. The molecule has 1 aromatic rings. The lowest BCUT2D eigenvalue weighted by atomic mass is 9.98. The van der Waals surface area contributed by atoms with Gasteiger partial charge in [-0.05, 0) is 12.1 Å². The number of hydrogen-bond donors (Lipinski definition) is 0. The van der Waals surface area contributed by atoms with E-state index in [-0.39, 0.29) is 12.4 Å². The second-order valence-electron chi connectivity index (χ2n) is 6.83. The van der Waals surface area contributed by atoms with Gasteiger partial charge >= 0.3 is 23.9 Å². The average molecular weight is 448 g/mol. The molecule has 0 N–H and O–H groups in total. The van der Waals surface area contributed by atoms with E-state index in [2.05, 4.69) is 5.92 Å². The van der Waals surface area contributed by atoms with Gasteiger partial charge in [-0.3, -0.25) is 19.2 Å². The molecule has 0 amide bonds. The Balaban J connectivity index is 2.49. The molecule has 1 saturated heterocycles. The molecule has 1 heterocycles. The van der Waals surface area contributed by atoms with Crippen LogP contribution in [0.2, 0.25) is 0 Å². The molecule has 1 fully saturated rings. The van der Waals surface area contributed by atoms with Gasteiger partial charge in [-0.1, -0.05) is 18.1 Å². The van der Waals surface area contributed by atoms with Crippen LogP contribution in [-0.4, -0.2) is 61.2 Å². The van der Waals surface area contributed by atoms with Crippen LogP contribution in [0.25, 0.3) is 0 Å². The third-order valence-corrected chi connectivity index (χ3v) is 4.23. The minimum absolute atomic E-state index is 0.232. The van der Waals surface area contributed by atoms with Crippen LogP contribution in [0.15, 0.2) is 24.3 Å². The van der Waals surface area contributed by atoms with Crippen LogP contribution >= 0.6 is 0 Å². The summed E-state index contributed by atoms with van der Waals surface area (Å²) in [7, 11) is 0. The van der Waals surface area contributed by atoms with E-state index in [0.29, 0.717) is 5.56 Å². The maximum absolute atomic E-state index is 11.8. The predicted octanol–water partition coefficient (Wildman–Crippen LogP) is 1.13. The zero-order valence-electron chi connectivity index (χ0n) is 18.1. The highest BCUT2D eigenvalue weighted by Gasteiger charge is 2.53. The van der Waals surface area contributed by atoms with Crippen LogP contribution in [-0.2, 0) is 42.9 Å². The Morgan fingerprint density at radius 2 is 1.44 bits per heavy atom. The van der Waals surface area contributed by atoms with Gasteiger partial charge in [0, 0.05) is 27.7 Å². The molecule has 0 spiro atoms. The summed E-state index contributed by atoms with van der Waals surface area (Å²) in [4.78, 5) is 46.7. The lowest BCUT2D eigenvalue weighted by Crippen LogP contribution is -2.63. The van der Waals surface area contributed by atoms with Gasteiger partial charge in [0.15, 0.2) is 12.2 Å². The first-order valence-electron chi connectivity index (χ1n) is 9.65. The first-order valence-corrected chi connectivity index (χ1v) is 9.65. The highest BCUT2D eigenvalue weighted by Crippen LogP contribution is 2.31. The van der Waals surface area contributed by atoms with Gasteiger partial charge in [-0.15, -0.1) is 6.42 Å². The molecule has 2 rings (SSSR count). The van der Waals surface area contributed by atoms with Gasteiger partial charge in [0.05, 0.1) is 5.56 Å². The Morgan fingerprint density at radius 1 is 0.875 bits per heavy atom. The van der Waals surface area contributed by atoms with Crippen molar-refractivity contribution in [2.45, 2.75) is 58.4 Å². The fraction of sp³-hybridized carbons (Fsp3) is 0.455. The highest BCUT2D eigenvalue weighted by atomic mass is 16.7. The predicted molar refractivity (Wildman–Crippen MR) is 107 cm³/mol. The lowest BCUT2D eigenvalue weighted by molar-refractivity contribution is -0.288. The van der Waals surface area contributed by atoms with Gasteiger partial charge in [0.2, 0.25) is 12.4 Å². The number of hydrogen-bond acceptors (Lipinski definition) is 10. The van der Waals surface area contributed by atoms with Gasteiger partial charge in [0.1, 0.15) is 18.5 Å². The molecule has 1 aliphatic rings. The molecule has 0 aromatic heterocycles. The van der Waals surface area contributed by atoms with Gasteiger partial charge < -0.3 is 28.4 Å². The quantitative estimate of drug-likeness (QED) is 0.341. The summed E-state index contributed by atoms with van der Waals surface area (Å²) in [6.45, 7) is 4.25. The Kier molecular flexibility index (Phi) is 8.61. The Hall–Kier alpha value is -3.58. The third kappa shape index (κ3) is 6.72. The van der Waals surface area contributed by atoms with Gasteiger partial charge in [-0.25, -0.2) is 0 Å². The minimum atomic E-state index is -1.34. The van der Waals surface area contributed by atoms with E-state index in [1.54, 1.807) is 24.3 Å². The van der Waals surface area contributed by atoms with E-state index >= 15 is 0 Å². The molecule has 0 unspecified atom stereocenters. The van der Waals surface area contributed by atoms with Crippen LogP contribution < -0.4 is 4.74 Å². The molecule has 32 heavy (non-hydrogen) atoms. The standard InChI is InChI=1S/C22H24O10/c1-6-16-9-7-8-10-17(16)31-22-21(30-15(5)26)20(29-14(4)25)19(28-13(3)24)18(32-22)11-27-12(2)23/h1,7-10,18-22H,11H2,2-5H3/t18-,19-,20+,21+,22+/m1/s1. The summed E-state index contributed by atoms with van der Waals surface area (Å²) in [5.74, 6) is -0.107. The van der Waals surface area contributed by atoms with E-state index in [1.807, 2.05) is 0 Å². The molecule has 5 atom stereocenters. The zero-order chi connectivity index (χ0) is 23.8. The fourth-order valence-corrected chi connectivity index (χ4v) is 3.10. The number of esters is 4. The molecule has 0 radical (unpaired) electrons. The SMILES string of the molecule is C#Cc1ccccc1O[C@H]1O[C@H](COC(C)=O)[C@@H](OC(C)=O)[C@H](OC(C)=O)[C@@H]1OC(C)=O. The van der Waals surface area contributed by atoms with Crippen molar-refractivity contribution in [2.24, 2.45) is 0 Å². The highest BCUT2D eigenvalue weighted by molar-refractivity contribution is 5.68. The monoisotopic (exact) mass is 448 g/mol. The van der Waals surface area contributed by atoms with Crippen LogP contribution in [0, 0.1) is 12.3 Å². The van der Waals surface area contributed by atoms with Crippen molar-refractivity contribution in [3.8, 4) is 18.1 Å². The van der Waals surface area contributed by atoms with Crippen LogP contribution in [0.5, 0.6) is 5.75 Å². The topological polar surface area (TPSA) is 124 Å². The van der Waals surface area contributed by atoms with E-state index in [9.17, 15) is 19.2 Å². The molecule has 10 heteroatoms. The number of carbonyl (C=O) groups is 4. The van der Waals surface area contributed by atoms with Crippen molar-refractivity contribution >= 4 is 23.9 Å². The summed E-state index contributed by atoms with van der Waals surface area (Å²) in [6, 6.07) is 6.57. The summed E-state index contributed by atoms with van der Waals surface area (Å²) in [5.41, 5.74) is 0.389. The zero-order valence-corrected chi connectivity index (χ0v) is 18.1. The number of benzene rings is 1. The summed E-state index contributed by atoms with van der Waals surface area (Å²) in [5, 5.41) is 0. The molecule has 172 valence electrons. The molecular formula is C22H24O10. The largest absolute Gasteiger partial charge is 0.463 e. The van der Waals surface area contributed by atoms with Crippen molar-refractivity contribution in [1.29, 1.82) is 0 Å². The van der Waals surface area contributed by atoms with E-state index < -0.39 is 54.6 Å². The number of ether oxygens (including phenoxy) is 6. The Bertz CT molecular complexity index is 902. The van der Waals surface area contributed by atoms with Crippen molar-refractivity contribution in [2.75, 3.05) is 6.61 Å². The minimum Gasteiger partial charge on any atom is -0.463 e. The van der Waals surface area contributed by atoms with E-state index in [4.69, 9.17) is 34.8 Å². The second kappa shape index (κ2) is 11.2. The second-order valence-corrected chi connectivity index (χ2v) is 6.83. The first-order chi connectivity index (χ1) is 15.1. The first kappa shape index (κ1) is 24.7. The fourth-order valence-electron chi connectivity index (χ4n) is 3.10. The van der Waals surface area contributed by atoms with Crippen LogP contribution in [0.1, 0.15) is 33.3 Å². The smallest absolute Gasteiger partial charge is 0.303 e. The summed E-state index contributed by atoms with van der Waals surface area (Å²) < 4.78 is 32.7. The van der Waals surface area contributed by atoms with E-state index in [0.717, 1.165) is 20.8 Å². The number of terminal acetylenes is 1. The average Bonchev–Trinajstić information content (AvgIpc) is 2.70. The third-order valence-electron chi connectivity index (χ3n) is 4.23. The Labute approximate surface area is 185 Å². The number of rotatable bonds is 7.